The molecular weight excluding hydrogens is 753 g/mol. The van der Waals surface area contributed by atoms with Crippen molar-refractivity contribution < 1.29 is 0 Å². The fourth-order valence-electron chi connectivity index (χ4n) is 9.73. The SMILES string of the molecule is c1ccc(N(c2ccccc2)c2ccc(N(c3ccccc3)c3ccc4c(c3)C3(c5ccccc5S4)c4ccccc4-c4ccccc43)c3c2sc2ccccc23)cc1. The molecule has 0 fully saturated rings. The summed E-state index contributed by atoms with van der Waals surface area (Å²) < 4.78 is 2.51. The molecule has 0 N–H and O–H groups in total. The van der Waals surface area contributed by atoms with Crippen LogP contribution in [-0.2, 0) is 5.41 Å². The number of anilines is 6. The molecule has 2 aliphatic rings. The second kappa shape index (κ2) is 13.6. The Morgan fingerprint density at radius 1 is 0.356 bits per heavy atom. The minimum Gasteiger partial charge on any atom is -0.310 e. The smallest absolute Gasteiger partial charge is 0.0736 e. The van der Waals surface area contributed by atoms with Gasteiger partial charge in [0.25, 0.3) is 0 Å². The largest absolute Gasteiger partial charge is 0.310 e. The third kappa shape index (κ3) is 5.13. The number of rotatable bonds is 6. The number of para-hydroxylation sites is 3. The van der Waals surface area contributed by atoms with Crippen LogP contribution in [0.1, 0.15) is 22.3 Å². The summed E-state index contributed by atoms with van der Waals surface area (Å²) in [4.78, 5) is 7.49. The van der Waals surface area contributed by atoms with E-state index < -0.39 is 5.41 Å². The summed E-state index contributed by atoms with van der Waals surface area (Å²) in [5, 5.41) is 2.50. The molecule has 1 aliphatic carbocycles. The molecule has 1 spiro atoms. The highest BCUT2D eigenvalue weighted by Crippen LogP contribution is 2.63. The van der Waals surface area contributed by atoms with Gasteiger partial charge >= 0.3 is 0 Å². The predicted molar refractivity (Wildman–Crippen MR) is 250 cm³/mol. The van der Waals surface area contributed by atoms with E-state index in [2.05, 4.69) is 228 Å². The molecule has 0 saturated carbocycles. The molecule has 4 heteroatoms. The average molecular weight is 789 g/mol. The molecule has 0 atom stereocenters. The average Bonchev–Trinajstić information content (AvgIpc) is 3.84. The number of benzene rings is 9. The van der Waals surface area contributed by atoms with Gasteiger partial charge in [-0.3, -0.25) is 0 Å². The Morgan fingerprint density at radius 2 is 0.847 bits per heavy atom. The predicted octanol–water partition coefficient (Wildman–Crippen LogP) is 15.8. The molecule has 0 bridgehead atoms. The topological polar surface area (TPSA) is 6.48 Å². The van der Waals surface area contributed by atoms with E-state index in [4.69, 9.17) is 0 Å². The van der Waals surface area contributed by atoms with Crippen LogP contribution in [0.4, 0.5) is 34.1 Å². The zero-order valence-corrected chi connectivity index (χ0v) is 33.6. The van der Waals surface area contributed by atoms with Crippen molar-refractivity contribution in [2.45, 2.75) is 15.2 Å². The number of nitrogens with zero attached hydrogens (tertiary/aromatic N) is 2. The Hall–Kier alpha value is -6.85. The van der Waals surface area contributed by atoms with Crippen molar-refractivity contribution in [1.82, 2.24) is 0 Å². The molecule has 9 aromatic carbocycles. The van der Waals surface area contributed by atoms with Crippen LogP contribution in [0.3, 0.4) is 0 Å². The standard InChI is InChI=1S/C55H36N2S2/c1-4-18-37(19-5-1)56(38-20-6-2-7-21-38)49-34-33-48(53-43-26-12-16-30-50(43)59-54(49)53)57(39-22-8-3-9-23-39)40-32-35-52-47(36-40)55(46-29-15-17-31-51(46)58-52)44-27-13-10-24-41(44)42-25-11-14-28-45(42)55/h1-36H. The van der Waals surface area contributed by atoms with Crippen LogP contribution in [0.5, 0.6) is 0 Å². The lowest BCUT2D eigenvalue weighted by atomic mass is 9.67. The van der Waals surface area contributed by atoms with Crippen molar-refractivity contribution in [3.63, 3.8) is 0 Å². The molecule has 278 valence electrons. The summed E-state index contributed by atoms with van der Waals surface area (Å²) in [7, 11) is 0. The Morgan fingerprint density at radius 3 is 1.49 bits per heavy atom. The van der Waals surface area contributed by atoms with Crippen LogP contribution in [-0.4, -0.2) is 0 Å². The zero-order chi connectivity index (χ0) is 38.9. The summed E-state index contributed by atoms with van der Waals surface area (Å²) in [6.07, 6.45) is 0. The van der Waals surface area contributed by atoms with Gasteiger partial charge in [0.15, 0.2) is 0 Å². The summed E-state index contributed by atoms with van der Waals surface area (Å²) in [5.41, 5.74) is 14.3. The summed E-state index contributed by atoms with van der Waals surface area (Å²) in [5.74, 6) is 0. The van der Waals surface area contributed by atoms with Crippen molar-refractivity contribution in [1.29, 1.82) is 0 Å². The third-order valence-corrected chi connectivity index (χ3v) is 14.4. The van der Waals surface area contributed by atoms with Crippen LogP contribution >= 0.6 is 23.1 Å². The van der Waals surface area contributed by atoms with E-state index in [1.54, 1.807) is 0 Å². The molecule has 0 unspecified atom stereocenters. The Kier molecular flexibility index (Phi) is 7.90. The first kappa shape index (κ1) is 34.2. The highest BCUT2D eigenvalue weighted by Gasteiger charge is 2.50. The molecule has 1 aromatic heterocycles. The molecule has 59 heavy (non-hydrogen) atoms. The van der Waals surface area contributed by atoms with E-state index >= 15 is 0 Å². The Bertz CT molecular complexity index is 3120. The lowest BCUT2D eigenvalue weighted by Crippen LogP contribution is -2.32. The molecule has 0 amide bonds. The minimum atomic E-state index is -0.469. The monoisotopic (exact) mass is 788 g/mol. The first-order valence-corrected chi connectivity index (χ1v) is 21.7. The number of thiophene rings is 1. The summed E-state index contributed by atoms with van der Waals surface area (Å²) in [6.45, 7) is 0. The van der Waals surface area contributed by atoms with Crippen molar-refractivity contribution >= 4 is 77.4 Å². The molecule has 1 aliphatic heterocycles. The highest BCUT2D eigenvalue weighted by molar-refractivity contribution is 7.99. The van der Waals surface area contributed by atoms with Crippen LogP contribution in [0.25, 0.3) is 31.3 Å². The van der Waals surface area contributed by atoms with E-state index in [-0.39, 0.29) is 0 Å². The van der Waals surface area contributed by atoms with E-state index in [9.17, 15) is 0 Å². The Balaban J connectivity index is 1.14. The van der Waals surface area contributed by atoms with Gasteiger partial charge in [-0.1, -0.05) is 151 Å². The minimum absolute atomic E-state index is 0.469. The van der Waals surface area contributed by atoms with Crippen molar-refractivity contribution in [3.05, 3.63) is 241 Å². The molecular formula is C55H36N2S2. The normalized spacial score (nSPS) is 13.2. The first-order valence-electron chi connectivity index (χ1n) is 20.1. The van der Waals surface area contributed by atoms with E-state index in [0.29, 0.717) is 0 Å². The lowest BCUT2D eigenvalue weighted by Gasteiger charge is -2.40. The van der Waals surface area contributed by atoms with E-state index in [1.165, 1.54) is 63.3 Å². The lowest BCUT2D eigenvalue weighted by molar-refractivity contribution is 0.722. The van der Waals surface area contributed by atoms with Gasteiger partial charge in [0.2, 0.25) is 0 Å². The number of hydrogen-bond acceptors (Lipinski definition) is 4. The van der Waals surface area contributed by atoms with Crippen LogP contribution in [0.2, 0.25) is 0 Å². The van der Waals surface area contributed by atoms with E-state index in [0.717, 1.165) is 34.1 Å². The molecule has 2 nitrogen and oxygen atoms in total. The fraction of sp³-hybridized carbons (Fsp3) is 0.0182. The van der Waals surface area contributed by atoms with Gasteiger partial charge in [-0.15, -0.1) is 11.3 Å². The molecule has 2 heterocycles. The van der Waals surface area contributed by atoms with Gasteiger partial charge in [-0.05, 0) is 112 Å². The molecule has 12 rings (SSSR count). The molecule has 10 aromatic rings. The quantitative estimate of drug-likeness (QED) is 0.166. The van der Waals surface area contributed by atoms with Crippen molar-refractivity contribution in [2.24, 2.45) is 0 Å². The van der Waals surface area contributed by atoms with Crippen LogP contribution < -0.4 is 9.80 Å². The molecule has 0 radical (unpaired) electrons. The van der Waals surface area contributed by atoms with Crippen LogP contribution in [0, 0.1) is 0 Å². The maximum Gasteiger partial charge on any atom is 0.0736 e. The number of hydrogen-bond donors (Lipinski definition) is 0. The third-order valence-electron chi connectivity index (χ3n) is 12.1. The van der Waals surface area contributed by atoms with E-state index in [1.807, 2.05) is 23.1 Å². The maximum atomic E-state index is 2.50. The van der Waals surface area contributed by atoms with Gasteiger partial charge in [-0.2, -0.15) is 0 Å². The second-order valence-electron chi connectivity index (χ2n) is 15.2. The highest BCUT2D eigenvalue weighted by atomic mass is 32.2. The summed E-state index contributed by atoms with van der Waals surface area (Å²) >= 11 is 3.76. The zero-order valence-electron chi connectivity index (χ0n) is 32.0. The maximum absolute atomic E-state index is 2.50. The van der Waals surface area contributed by atoms with Gasteiger partial charge in [0.05, 0.1) is 21.5 Å². The number of fused-ring (bicyclic) bond motifs is 12. The van der Waals surface area contributed by atoms with Gasteiger partial charge in [-0.25, -0.2) is 0 Å². The van der Waals surface area contributed by atoms with Crippen LogP contribution in [0.15, 0.2) is 228 Å². The first-order chi connectivity index (χ1) is 29.3. The van der Waals surface area contributed by atoms with Crippen molar-refractivity contribution in [2.75, 3.05) is 9.80 Å². The molecule has 0 saturated heterocycles. The second-order valence-corrected chi connectivity index (χ2v) is 17.3. The summed E-state index contributed by atoms with van der Waals surface area (Å²) in [6, 6.07) is 80.4. The van der Waals surface area contributed by atoms with Crippen molar-refractivity contribution in [3.8, 4) is 11.1 Å². The Labute approximate surface area is 352 Å². The van der Waals surface area contributed by atoms with Gasteiger partial charge in [0, 0.05) is 48.0 Å². The van der Waals surface area contributed by atoms with Gasteiger partial charge < -0.3 is 9.80 Å². The van der Waals surface area contributed by atoms with Gasteiger partial charge in [0.1, 0.15) is 0 Å². The fourth-order valence-corrected chi connectivity index (χ4v) is 12.1.